The average molecular weight is 265 g/mol. The molecule has 0 aromatic rings. The molecule has 0 rings (SSSR count). The highest BCUT2D eigenvalue weighted by Crippen LogP contribution is 2.09. The molecule has 1 unspecified atom stereocenters. The van der Waals surface area contributed by atoms with Crippen molar-refractivity contribution in [1.82, 2.24) is 4.90 Å². The highest BCUT2D eigenvalue weighted by molar-refractivity contribution is 7.92. The molecule has 0 aliphatic heterocycles. The second-order valence-corrected chi connectivity index (χ2v) is 6.53. The normalized spacial score (nSPS) is 12.9. The van der Waals surface area contributed by atoms with Crippen molar-refractivity contribution in [1.29, 1.82) is 0 Å². The zero-order valence-electron chi connectivity index (χ0n) is 10.6. The molecule has 7 heteroatoms. The first-order chi connectivity index (χ1) is 7.70. The molecule has 0 aromatic heterocycles. The molecule has 0 fully saturated rings. The van der Waals surface area contributed by atoms with Crippen LogP contribution in [0.5, 0.6) is 0 Å². The number of amides is 1. The number of hydrogen-bond acceptors (Lipinski definition) is 5. The number of rotatable bonds is 6. The van der Waals surface area contributed by atoms with Crippen LogP contribution in [0.2, 0.25) is 0 Å². The van der Waals surface area contributed by atoms with Crippen LogP contribution in [0.15, 0.2) is 0 Å². The third kappa shape index (κ3) is 5.67. The van der Waals surface area contributed by atoms with Gasteiger partial charge >= 0.3 is 5.97 Å². The fourth-order valence-corrected chi connectivity index (χ4v) is 2.35. The summed E-state index contributed by atoms with van der Waals surface area (Å²) in [5, 5.41) is -0.829. The quantitative estimate of drug-likeness (QED) is 0.623. The van der Waals surface area contributed by atoms with Crippen molar-refractivity contribution in [2.45, 2.75) is 25.0 Å². The fraction of sp³-hybridized carbons (Fsp3) is 0.800. The molecular formula is C10H19NO5S. The Hall–Kier alpha value is -1.11. The first-order valence-electron chi connectivity index (χ1n) is 5.19. The van der Waals surface area contributed by atoms with Crippen LogP contribution in [0.4, 0.5) is 0 Å². The van der Waals surface area contributed by atoms with Gasteiger partial charge in [-0.15, -0.1) is 0 Å². The number of carbonyl (C=O) groups is 2. The molecule has 1 amide bonds. The number of nitrogens with zero attached hydrogens (tertiary/aromatic N) is 1. The number of sulfone groups is 1. The summed E-state index contributed by atoms with van der Waals surface area (Å²) in [6.45, 7) is 1.44. The van der Waals surface area contributed by atoms with Crippen LogP contribution < -0.4 is 0 Å². The summed E-state index contributed by atoms with van der Waals surface area (Å²) >= 11 is 0. The predicted molar refractivity (Wildman–Crippen MR) is 63.2 cm³/mol. The molecule has 0 N–H and O–H groups in total. The number of carbonyl (C=O) groups excluding carboxylic acids is 2. The molecule has 0 radical (unpaired) electrons. The van der Waals surface area contributed by atoms with Gasteiger partial charge < -0.3 is 9.64 Å². The van der Waals surface area contributed by atoms with E-state index in [-0.39, 0.29) is 24.5 Å². The minimum absolute atomic E-state index is 0.0686. The smallest absolute Gasteiger partial charge is 0.306 e. The molecule has 0 saturated carbocycles. The topological polar surface area (TPSA) is 80.8 Å². The maximum atomic E-state index is 11.7. The van der Waals surface area contributed by atoms with E-state index in [0.29, 0.717) is 0 Å². The van der Waals surface area contributed by atoms with E-state index >= 15 is 0 Å². The van der Waals surface area contributed by atoms with Crippen molar-refractivity contribution >= 4 is 21.7 Å². The summed E-state index contributed by atoms with van der Waals surface area (Å²) in [5.74, 6) is -1.07. The van der Waals surface area contributed by atoms with Gasteiger partial charge in [0.2, 0.25) is 5.91 Å². The largest absolute Gasteiger partial charge is 0.469 e. The van der Waals surface area contributed by atoms with Crippen molar-refractivity contribution in [2.75, 3.05) is 27.0 Å². The molecule has 0 bridgehead atoms. The van der Waals surface area contributed by atoms with Gasteiger partial charge in [-0.2, -0.15) is 0 Å². The molecule has 100 valence electrons. The molecule has 0 spiro atoms. The molecule has 0 aliphatic rings. The predicted octanol–water partition coefficient (Wildman–Crippen LogP) is -0.169. The van der Waals surface area contributed by atoms with E-state index in [4.69, 9.17) is 0 Å². The first-order valence-corrected chi connectivity index (χ1v) is 6.90. The van der Waals surface area contributed by atoms with Crippen LogP contribution in [0.3, 0.4) is 0 Å². The van der Waals surface area contributed by atoms with Crippen LogP contribution in [-0.2, 0) is 24.2 Å². The number of hydrogen-bond donors (Lipinski definition) is 0. The van der Waals surface area contributed by atoms with Gasteiger partial charge in [0.15, 0.2) is 9.84 Å². The van der Waals surface area contributed by atoms with Crippen molar-refractivity contribution < 1.29 is 22.7 Å². The minimum atomic E-state index is -3.44. The Morgan fingerprint density at radius 1 is 1.29 bits per heavy atom. The molecule has 17 heavy (non-hydrogen) atoms. The molecule has 0 saturated heterocycles. The van der Waals surface area contributed by atoms with Gasteiger partial charge in [-0.3, -0.25) is 9.59 Å². The Balaban J connectivity index is 4.38. The van der Waals surface area contributed by atoms with Gasteiger partial charge in [0, 0.05) is 20.5 Å². The van der Waals surface area contributed by atoms with Crippen molar-refractivity contribution in [3.8, 4) is 0 Å². The highest BCUT2D eigenvalue weighted by atomic mass is 32.2. The Morgan fingerprint density at radius 2 is 1.82 bits per heavy atom. The maximum absolute atomic E-state index is 11.7. The van der Waals surface area contributed by atoms with E-state index in [1.54, 1.807) is 14.1 Å². The first kappa shape index (κ1) is 15.9. The summed E-state index contributed by atoms with van der Waals surface area (Å²) < 4.78 is 27.9. The zero-order chi connectivity index (χ0) is 13.6. The second kappa shape index (κ2) is 6.58. The molecule has 6 nitrogen and oxygen atoms in total. The van der Waals surface area contributed by atoms with Crippen LogP contribution in [0.25, 0.3) is 0 Å². The molecule has 0 aliphatic carbocycles. The van der Waals surface area contributed by atoms with E-state index in [1.165, 1.54) is 18.9 Å². The summed E-state index contributed by atoms with van der Waals surface area (Å²) in [6.07, 6.45) is -0.254. The lowest BCUT2D eigenvalue weighted by Crippen LogP contribution is -2.29. The van der Waals surface area contributed by atoms with E-state index in [9.17, 15) is 18.0 Å². The van der Waals surface area contributed by atoms with E-state index < -0.39 is 21.1 Å². The summed E-state index contributed by atoms with van der Waals surface area (Å²) in [4.78, 5) is 23.5. The summed E-state index contributed by atoms with van der Waals surface area (Å²) in [7, 11) is 0.888. The lowest BCUT2D eigenvalue weighted by Gasteiger charge is -2.13. The monoisotopic (exact) mass is 265 g/mol. The van der Waals surface area contributed by atoms with Crippen molar-refractivity contribution in [3.05, 3.63) is 0 Å². The van der Waals surface area contributed by atoms with Gasteiger partial charge in [0.25, 0.3) is 0 Å². The number of esters is 1. The number of ether oxygens (including phenoxy) is 1. The van der Waals surface area contributed by atoms with Gasteiger partial charge in [-0.05, 0) is 6.92 Å². The van der Waals surface area contributed by atoms with Crippen LogP contribution in [0.1, 0.15) is 19.8 Å². The molecule has 1 atom stereocenters. The highest BCUT2D eigenvalue weighted by Gasteiger charge is 2.24. The van der Waals surface area contributed by atoms with Gasteiger partial charge in [-0.25, -0.2) is 8.42 Å². The molecule has 0 heterocycles. The molecular weight excluding hydrogens is 246 g/mol. The van der Waals surface area contributed by atoms with Gasteiger partial charge in [0.05, 0.1) is 24.5 Å². The SMILES string of the molecule is COC(=O)CC(C)S(=O)(=O)CCC(=O)N(C)C. The average Bonchev–Trinajstić information content (AvgIpc) is 2.25. The van der Waals surface area contributed by atoms with Crippen molar-refractivity contribution in [3.63, 3.8) is 0 Å². The van der Waals surface area contributed by atoms with E-state index in [1.807, 2.05) is 0 Å². The Kier molecular flexibility index (Phi) is 6.15. The standard InChI is InChI=1S/C10H19NO5S/c1-8(7-10(13)16-4)17(14,15)6-5-9(12)11(2)3/h8H,5-7H2,1-4H3. The Labute approximate surface area is 102 Å². The Bertz CT molecular complexity index is 374. The zero-order valence-corrected chi connectivity index (χ0v) is 11.4. The fourth-order valence-electron chi connectivity index (χ4n) is 1.10. The third-order valence-corrected chi connectivity index (χ3v) is 4.56. The number of methoxy groups -OCH3 is 1. The van der Waals surface area contributed by atoms with E-state index in [2.05, 4.69) is 4.74 Å². The second-order valence-electron chi connectivity index (χ2n) is 4.00. The Morgan fingerprint density at radius 3 is 2.24 bits per heavy atom. The van der Waals surface area contributed by atoms with Crippen LogP contribution >= 0.6 is 0 Å². The summed E-state index contributed by atoms with van der Waals surface area (Å²) in [5.41, 5.74) is 0. The van der Waals surface area contributed by atoms with Crippen molar-refractivity contribution in [2.24, 2.45) is 0 Å². The maximum Gasteiger partial charge on any atom is 0.306 e. The van der Waals surface area contributed by atoms with E-state index in [0.717, 1.165) is 0 Å². The summed E-state index contributed by atoms with van der Waals surface area (Å²) in [6, 6.07) is 0. The van der Waals surface area contributed by atoms with Crippen LogP contribution in [0, 0.1) is 0 Å². The molecule has 0 aromatic carbocycles. The van der Waals surface area contributed by atoms with Gasteiger partial charge in [0.1, 0.15) is 0 Å². The van der Waals surface area contributed by atoms with Gasteiger partial charge in [-0.1, -0.05) is 0 Å². The minimum Gasteiger partial charge on any atom is -0.469 e. The van der Waals surface area contributed by atoms with Crippen LogP contribution in [-0.4, -0.2) is 57.4 Å². The third-order valence-electron chi connectivity index (χ3n) is 2.39. The lowest BCUT2D eigenvalue weighted by atomic mass is 10.3. The lowest BCUT2D eigenvalue weighted by molar-refractivity contribution is -0.140.